The number of nitrogens with two attached hydrogens (primary N) is 1. The van der Waals surface area contributed by atoms with Gasteiger partial charge >= 0.3 is 0 Å². The van der Waals surface area contributed by atoms with Gasteiger partial charge in [0.2, 0.25) is 0 Å². The summed E-state index contributed by atoms with van der Waals surface area (Å²) in [5.41, 5.74) is 7.62. The number of hydrogen-bond acceptors (Lipinski definition) is 4. The smallest absolute Gasteiger partial charge is 0.179 e. The van der Waals surface area contributed by atoms with Gasteiger partial charge in [-0.1, -0.05) is 13.8 Å². The molecule has 0 fully saturated rings. The van der Waals surface area contributed by atoms with Gasteiger partial charge in [0.1, 0.15) is 11.6 Å². The third-order valence-corrected chi connectivity index (χ3v) is 3.52. The monoisotopic (exact) mass is 247 g/mol. The molecule has 2 aromatic heterocycles. The summed E-state index contributed by atoms with van der Waals surface area (Å²) in [6, 6.07) is 3.97. The highest BCUT2D eigenvalue weighted by molar-refractivity contribution is 5.73. The fourth-order valence-electron chi connectivity index (χ4n) is 1.95. The Labute approximate surface area is 107 Å². The van der Waals surface area contributed by atoms with E-state index in [0.29, 0.717) is 0 Å². The molecule has 0 saturated carbocycles. The molecule has 0 unspecified atom stereocenters. The molecule has 2 heterocycles. The van der Waals surface area contributed by atoms with Crippen LogP contribution in [-0.2, 0) is 5.54 Å². The molecule has 0 aliphatic heterocycles. The average molecular weight is 247 g/mol. The van der Waals surface area contributed by atoms with E-state index in [0.717, 1.165) is 35.6 Å². The Morgan fingerprint density at radius 1 is 1.22 bits per heavy atom. The average Bonchev–Trinajstić information content (AvgIpc) is 2.80. The second-order valence-corrected chi connectivity index (χ2v) is 4.88. The lowest BCUT2D eigenvalue weighted by molar-refractivity contribution is 0.391. The predicted octanol–water partition coefficient (Wildman–Crippen LogP) is 2.00. The molecule has 5 heteroatoms. The lowest BCUT2D eigenvalue weighted by Crippen LogP contribution is -2.36. The topological polar surface area (TPSA) is 70.8 Å². The van der Waals surface area contributed by atoms with Gasteiger partial charge < -0.3 is 15.6 Å². The lowest BCUT2D eigenvalue weighted by Gasteiger charge is -2.23. The van der Waals surface area contributed by atoms with E-state index in [4.69, 9.17) is 5.73 Å². The van der Waals surface area contributed by atoms with Crippen molar-refractivity contribution in [3.8, 4) is 0 Å². The fraction of sp³-hybridized carbons (Fsp3) is 0.538. The molecule has 3 N–H and O–H groups in total. The Hall–Kier alpha value is -1.62. The standard InChI is InChI=1S/C13H21N5/c1-5-13(14,6-2)12-15-9-7-8-10(18(3)4)16-11(9)17-12/h7-8H,5-6,14H2,1-4H3,(H,15,16,17). The first-order chi connectivity index (χ1) is 8.50. The molecule has 0 aliphatic carbocycles. The molecule has 0 spiro atoms. The van der Waals surface area contributed by atoms with Crippen molar-refractivity contribution in [2.75, 3.05) is 19.0 Å². The van der Waals surface area contributed by atoms with Crippen LogP contribution in [0.3, 0.4) is 0 Å². The van der Waals surface area contributed by atoms with Crippen LogP contribution < -0.4 is 10.6 Å². The molecule has 0 saturated heterocycles. The minimum atomic E-state index is -0.390. The first-order valence-corrected chi connectivity index (χ1v) is 6.33. The Bertz CT molecular complexity index is 539. The van der Waals surface area contributed by atoms with Gasteiger partial charge in [0, 0.05) is 14.1 Å². The van der Waals surface area contributed by atoms with E-state index in [-0.39, 0.29) is 5.54 Å². The largest absolute Gasteiger partial charge is 0.363 e. The highest BCUT2D eigenvalue weighted by Gasteiger charge is 2.26. The van der Waals surface area contributed by atoms with Crippen LogP contribution in [0.15, 0.2) is 12.1 Å². The van der Waals surface area contributed by atoms with Gasteiger partial charge in [-0.3, -0.25) is 0 Å². The molecule has 0 bridgehead atoms. The maximum Gasteiger partial charge on any atom is 0.179 e. The van der Waals surface area contributed by atoms with Crippen LogP contribution in [0, 0.1) is 0 Å². The molecule has 5 nitrogen and oxygen atoms in total. The van der Waals surface area contributed by atoms with Crippen LogP contribution in [0.5, 0.6) is 0 Å². The van der Waals surface area contributed by atoms with Crippen molar-refractivity contribution in [3.63, 3.8) is 0 Å². The van der Waals surface area contributed by atoms with Crippen molar-refractivity contribution in [1.29, 1.82) is 0 Å². The summed E-state index contributed by atoms with van der Waals surface area (Å²) in [5.74, 6) is 1.72. The van der Waals surface area contributed by atoms with E-state index in [1.807, 2.05) is 31.1 Å². The van der Waals surface area contributed by atoms with Gasteiger partial charge in [-0.15, -0.1) is 0 Å². The SMILES string of the molecule is CCC(N)(CC)c1nc2nc(N(C)C)ccc2[nH]1. The number of hydrogen-bond donors (Lipinski definition) is 2. The Kier molecular flexibility index (Phi) is 3.26. The predicted molar refractivity (Wildman–Crippen MR) is 74.7 cm³/mol. The number of anilines is 1. The number of H-pyrrole nitrogens is 1. The molecule has 0 aromatic carbocycles. The minimum Gasteiger partial charge on any atom is -0.363 e. The summed E-state index contributed by atoms with van der Waals surface area (Å²) < 4.78 is 0. The second-order valence-electron chi connectivity index (χ2n) is 4.88. The van der Waals surface area contributed by atoms with E-state index in [1.165, 1.54) is 0 Å². The summed E-state index contributed by atoms with van der Waals surface area (Å²) in [7, 11) is 3.93. The molecular weight excluding hydrogens is 226 g/mol. The summed E-state index contributed by atoms with van der Waals surface area (Å²) in [6.07, 6.45) is 1.70. The zero-order valence-electron chi connectivity index (χ0n) is 11.5. The van der Waals surface area contributed by atoms with Crippen molar-refractivity contribution in [1.82, 2.24) is 15.0 Å². The van der Waals surface area contributed by atoms with Crippen LogP contribution in [0.25, 0.3) is 11.2 Å². The number of rotatable bonds is 4. The molecule has 98 valence electrons. The van der Waals surface area contributed by atoms with E-state index in [2.05, 4.69) is 28.8 Å². The quantitative estimate of drug-likeness (QED) is 0.867. The lowest BCUT2D eigenvalue weighted by atomic mass is 9.93. The van der Waals surface area contributed by atoms with Crippen LogP contribution >= 0.6 is 0 Å². The van der Waals surface area contributed by atoms with Crippen LogP contribution in [0.4, 0.5) is 5.82 Å². The molecule has 0 atom stereocenters. The molecule has 2 rings (SSSR count). The van der Waals surface area contributed by atoms with Gasteiger partial charge in [0.25, 0.3) is 0 Å². The van der Waals surface area contributed by atoms with E-state index in [1.54, 1.807) is 0 Å². The maximum absolute atomic E-state index is 6.35. The highest BCUT2D eigenvalue weighted by atomic mass is 15.2. The summed E-state index contributed by atoms with van der Waals surface area (Å²) in [4.78, 5) is 14.3. The zero-order chi connectivity index (χ0) is 13.3. The Balaban J connectivity index is 2.50. The van der Waals surface area contributed by atoms with Crippen LogP contribution in [-0.4, -0.2) is 29.0 Å². The van der Waals surface area contributed by atoms with E-state index < -0.39 is 0 Å². The van der Waals surface area contributed by atoms with Crippen molar-refractivity contribution < 1.29 is 0 Å². The normalized spacial score (nSPS) is 12.1. The third-order valence-electron chi connectivity index (χ3n) is 3.52. The Morgan fingerprint density at radius 2 is 1.89 bits per heavy atom. The first-order valence-electron chi connectivity index (χ1n) is 6.33. The molecular formula is C13H21N5. The van der Waals surface area contributed by atoms with Gasteiger partial charge in [-0.25, -0.2) is 9.97 Å². The number of fused-ring (bicyclic) bond motifs is 1. The van der Waals surface area contributed by atoms with Gasteiger partial charge in [-0.05, 0) is 25.0 Å². The molecule has 0 amide bonds. The highest BCUT2D eigenvalue weighted by Crippen LogP contribution is 2.25. The number of aromatic nitrogens is 3. The molecule has 0 radical (unpaired) electrons. The number of imidazole rings is 1. The van der Waals surface area contributed by atoms with Crippen LogP contribution in [0.2, 0.25) is 0 Å². The van der Waals surface area contributed by atoms with E-state index in [9.17, 15) is 0 Å². The fourth-order valence-corrected chi connectivity index (χ4v) is 1.95. The van der Waals surface area contributed by atoms with Crippen molar-refractivity contribution in [2.24, 2.45) is 5.73 Å². The van der Waals surface area contributed by atoms with Crippen molar-refractivity contribution in [3.05, 3.63) is 18.0 Å². The third kappa shape index (κ3) is 2.06. The summed E-state index contributed by atoms with van der Waals surface area (Å²) in [5, 5.41) is 0. The van der Waals surface area contributed by atoms with Gasteiger partial charge in [0.15, 0.2) is 5.65 Å². The number of nitrogens with one attached hydrogen (secondary N) is 1. The van der Waals surface area contributed by atoms with Gasteiger partial charge in [-0.2, -0.15) is 0 Å². The summed E-state index contributed by atoms with van der Waals surface area (Å²) in [6.45, 7) is 4.16. The number of pyridine rings is 1. The second kappa shape index (κ2) is 4.57. The Morgan fingerprint density at radius 3 is 2.44 bits per heavy atom. The molecule has 2 aromatic rings. The van der Waals surface area contributed by atoms with Crippen LogP contribution in [0.1, 0.15) is 32.5 Å². The number of aromatic amines is 1. The maximum atomic E-state index is 6.35. The zero-order valence-corrected chi connectivity index (χ0v) is 11.5. The van der Waals surface area contributed by atoms with Crippen molar-refractivity contribution in [2.45, 2.75) is 32.2 Å². The van der Waals surface area contributed by atoms with Gasteiger partial charge in [0.05, 0.1) is 11.1 Å². The number of nitrogens with zero attached hydrogens (tertiary/aromatic N) is 3. The van der Waals surface area contributed by atoms with E-state index >= 15 is 0 Å². The van der Waals surface area contributed by atoms with Crippen molar-refractivity contribution >= 4 is 17.0 Å². The first kappa shape index (κ1) is 12.8. The molecule has 18 heavy (non-hydrogen) atoms. The molecule has 0 aliphatic rings. The minimum absolute atomic E-state index is 0.390. The summed E-state index contributed by atoms with van der Waals surface area (Å²) >= 11 is 0.